The molecule has 130 valence electrons. The molecule has 5 nitrogen and oxygen atoms in total. The molecular formula is C20H22N2O3. The van der Waals surface area contributed by atoms with Crippen LogP contribution in [0.15, 0.2) is 48.5 Å². The third-order valence-corrected chi connectivity index (χ3v) is 4.51. The minimum absolute atomic E-state index is 0.0872. The number of para-hydroxylation sites is 2. The number of nitrogens with one attached hydrogen (secondary N) is 2. The number of aryl methyl sites for hydroxylation is 1. The van der Waals surface area contributed by atoms with E-state index in [1.807, 2.05) is 55.5 Å². The second kappa shape index (κ2) is 7.38. The molecule has 25 heavy (non-hydrogen) atoms. The van der Waals surface area contributed by atoms with E-state index >= 15 is 0 Å². The van der Waals surface area contributed by atoms with Crippen LogP contribution in [-0.2, 0) is 16.1 Å². The summed E-state index contributed by atoms with van der Waals surface area (Å²) < 4.78 is 5.28. The topological polar surface area (TPSA) is 67.4 Å². The first-order chi connectivity index (χ1) is 12.1. The molecule has 2 unspecified atom stereocenters. The van der Waals surface area contributed by atoms with E-state index < -0.39 is 0 Å². The monoisotopic (exact) mass is 338 g/mol. The first-order valence-corrected chi connectivity index (χ1v) is 8.36. The van der Waals surface area contributed by atoms with Crippen LogP contribution in [0.3, 0.4) is 0 Å². The number of amides is 2. The van der Waals surface area contributed by atoms with Crippen LogP contribution in [0.5, 0.6) is 5.75 Å². The zero-order valence-corrected chi connectivity index (χ0v) is 14.4. The Morgan fingerprint density at radius 1 is 1.04 bits per heavy atom. The van der Waals surface area contributed by atoms with Crippen molar-refractivity contribution >= 4 is 17.5 Å². The Hall–Kier alpha value is -2.82. The van der Waals surface area contributed by atoms with Crippen molar-refractivity contribution in [1.82, 2.24) is 5.32 Å². The SMILES string of the molecule is COc1ccccc1CNC(=O)C1CC1C(=O)Nc1ccccc1C. The molecule has 1 aliphatic carbocycles. The number of ether oxygens (including phenoxy) is 1. The van der Waals surface area contributed by atoms with E-state index in [0.717, 1.165) is 22.6 Å². The van der Waals surface area contributed by atoms with Crippen LogP contribution < -0.4 is 15.4 Å². The summed E-state index contributed by atoms with van der Waals surface area (Å²) in [6.45, 7) is 2.34. The van der Waals surface area contributed by atoms with Gasteiger partial charge in [0.1, 0.15) is 5.75 Å². The molecule has 0 spiro atoms. The molecule has 1 saturated carbocycles. The summed E-state index contributed by atoms with van der Waals surface area (Å²) in [5, 5.41) is 5.81. The lowest BCUT2D eigenvalue weighted by Crippen LogP contribution is -2.27. The number of carbonyl (C=O) groups excluding carboxylic acids is 2. The van der Waals surface area contributed by atoms with Gasteiger partial charge in [0.25, 0.3) is 0 Å². The van der Waals surface area contributed by atoms with Gasteiger partial charge in [0, 0.05) is 17.8 Å². The lowest BCUT2D eigenvalue weighted by molar-refractivity contribution is -0.125. The maximum Gasteiger partial charge on any atom is 0.228 e. The zero-order chi connectivity index (χ0) is 17.8. The van der Waals surface area contributed by atoms with E-state index in [4.69, 9.17) is 4.74 Å². The summed E-state index contributed by atoms with van der Waals surface area (Å²) in [5.41, 5.74) is 2.72. The van der Waals surface area contributed by atoms with Crippen LogP contribution in [0.2, 0.25) is 0 Å². The van der Waals surface area contributed by atoms with Gasteiger partial charge >= 0.3 is 0 Å². The number of benzene rings is 2. The highest BCUT2D eigenvalue weighted by molar-refractivity contribution is 5.99. The van der Waals surface area contributed by atoms with Gasteiger partial charge in [0.2, 0.25) is 11.8 Å². The minimum atomic E-state index is -0.253. The Morgan fingerprint density at radius 3 is 2.48 bits per heavy atom. The predicted octanol–water partition coefficient (Wildman–Crippen LogP) is 2.89. The molecule has 0 bridgehead atoms. The molecule has 2 aromatic carbocycles. The minimum Gasteiger partial charge on any atom is -0.496 e. The Morgan fingerprint density at radius 2 is 1.72 bits per heavy atom. The van der Waals surface area contributed by atoms with Gasteiger partial charge in [-0.3, -0.25) is 9.59 Å². The van der Waals surface area contributed by atoms with Crippen LogP contribution in [0, 0.1) is 18.8 Å². The van der Waals surface area contributed by atoms with Crippen molar-refractivity contribution < 1.29 is 14.3 Å². The van der Waals surface area contributed by atoms with E-state index in [1.54, 1.807) is 7.11 Å². The van der Waals surface area contributed by atoms with Crippen molar-refractivity contribution in [3.63, 3.8) is 0 Å². The van der Waals surface area contributed by atoms with Gasteiger partial charge < -0.3 is 15.4 Å². The molecular weight excluding hydrogens is 316 g/mol. The number of anilines is 1. The van der Waals surface area contributed by atoms with Crippen molar-refractivity contribution in [2.45, 2.75) is 19.9 Å². The van der Waals surface area contributed by atoms with E-state index in [-0.39, 0.29) is 23.7 Å². The van der Waals surface area contributed by atoms with Gasteiger partial charge in [-0.15, -0.1) is 0 Å². The summed E-state index contributed by atoms with van der Waals surface area (Å²) in [5.74, 6) is 0.0611. The van der Waals surface area contributed by atoms with Crippen LogP contribution in [0.25, 0.3) is 0 Å². The second-order valence-electron chi connectivity index (χ2n) is 6.28. The first-order valence-electron chi connectivity index (χ1n) is 8.36. The van der Waals surface area contributed by atoms with Crippen molar-refractivity contribution in [3.05, 3.63) is 59.7 Å². The molecule has 0 saturated heterocycles. The predicted molar refractivity (Wildman–Crippen MR) is 96.2 cm³/mol. The molecule has 1 aliphatic rings. The van der Waals surface area contributed by atoms with Gasteiger partial charge in [-0.05, 0) is 31.0 Å². The normalized spacial score (nSPS) is 18.3. The van der Waals surface area contributed by atoms with Crippen LogP contribution in [0.1, 0.15) is 17.5 Å². The average molecular weight is 338 g/mol. The van der Waals surface area contributed by atoms with E-state index in [1.165, 1.54) is 0 Å². The molecule has 2 aromatic rings. The Bertz CT molecular complexity index is 788. The maximum atomic E-state index is 12.3. The average Bonchev–Trinajstić information content (AvgIpc) is 3.43. The molecule has 2 amide bonds. The molecule has 3 rings (SSSR count). The van der Waals surface area contributed by atoms with E-state index in [2.05, 4.69) is 10.6 Å². The molecule has 2 atom stereocenters. The summed E-state index contributed by atoms with van der Waals surface area (Å²) in [4.78, 5) is 24.6. The fourth-order valence-electron chi connectivity index (χ4n) is 2.88. The quantitative estimate of drug-likeness (QED) is 0.851. The third kappa shape index (κ3) is 3.99. The molecule has 0 aromatic heterocycles. The van der Waals surface area contributed by atoms with Gasteiger partial charge in [-0.2, -0.15) is 0 Å². The number of hydrogen-bond donors (Lipinski definition) is 2. The van der Waals surface area contributed by atoms with Crippen LogP contribution in [0.4, 0.5) is 5.69 Å². The van der Waals surface area contributed by atoms with Gasteiger partial charge in [0.05, 0.1) is 18.9 Å². The Balaban J connectivity index is 1.52. The van der Waals surface area contributed by atoms with E-state index in [0.29, 0.717) is 13.0 Å². The highest BCUT2D eigenvalue weighted by Gasteiger charge is 2.48. The maximum absolute atomic E-state index is 12.3. The van der Waals surface area contributed by atoms with Gasteiger partial charge in [-0.25, -0.2) is 0 Å². The highest BCUT2D eigenvalue weighted by atomic mass is 16.5. The molecule has 0 aliphatic heterocycles. The van der Waals surface area contributed by atoms with E-state index in [9.17, 15) is 9.59 Å². The number of hydrogen-bond acceptors (Lipinski definition) is 3. The Labute approximate surface area is 147 Å². The van der Waals surface area contributed by atoms with Crippen LogP contribution >= 0.6 is 0 Å². The second-order valence-corrected chi connectivity index (χ2v) is 6.28. The molecule has 2 N–H and O–H groups in total. The number of methoxy groups -OCH3 is 1. The van der Waals surface area contributed by atoms with Crippen molar-refractivity contribution in [1.29, 1.82) is 0 Å². The molecule has 0 heterocycles. The number of carbonyl (C=O) groups is 2. The summed E-state index contributed by atoms with van der Waals surface area (Å²) >= 11 is 0. The van der Waals surface area contributed by atoms with Crippen molar-refractivity contribution in [3.8, 4) is 5.75 Å². The fourth-order valence-corrected chi connectivity index (χ4v) is 2.88. The molecule has 0 radical (unpaired) electrons. The smallest absolute Gasteiger partial charge is 0.228 e. The zero-order valence-electron chi connectivity index (χ0n) is 14.4. The number of rotatable bonds is 6. The van der Waals surface area contributed by atoms with Crippen molar-refractivity contribution in [2.24, 2.45) is 11.8 Å². The van der Waals surface area contributed by atoms with Gasteiger partial charge in [0.15, 0.2) is 0 Å². The molecule has 5 heteroatoms. The summed E-state index contributed by atoms with van der Waals surface area (Å²) in [6.07, 6.45) is 0.593. The van der Waals surface area contributed by atoms with Crippen molar-refractivity contribution in [2.75, 3.05) is 12.4 Å². The first kappa shape index (κ1) is 17.0. The third-order valence-electron chi connectivity index (χ3n) is 4.51. The Kier molecular flexibility index (Phi) is 5.03. The van der Waals surface area contributed by atoms with Crippen LogP contribution in [-0.4, -0.2) is 18.9 Å². The summed E-state index contributed by atoms with van der Waals surface area (Å²) in [6, 6.07) is 15.2. The molecule has 1 fully saturated rings. The fraction of sp³-hybridized carbons (Fsp3) is 0.300. The standard InChI is InChI=1S/C20H22N2O3/c1-13-7-3-5-9-17(13)22-20(24)16-11-15(16)19(23)21-12-14-8-4-6-10-18(14)25-2/h3-10,15-16H,11-12H2,1-2H3,(H,21,23)(H,22,24). The lowest BCUT2D eigenvalue weighted by Gasteiger charge is -2.10. The highest BCUT2D eigenvalue weighted by Crippen LogP contribution is 2.39. The largest absolute Gasteiger partial charge is 0.496 e. The van der Waals surface area contributed by atoms with Gasteiger partial charge in [-0.1, -0.05) is 36.4 Å². The summed E-state index contributed by atoms with van der Waals surface area (Å²) in [7, 11) is 1.60. The lowest BCUT2D eigenvalue weighted by atomic mass is 10.2.